The van der Waals surface area contributed by atoms with Crippen LogP contribution in [-0.2, 0) is 11.2 Å². The third-order valence-corrected chi connectivity index (χ3v) is 3.11. The van der Waals surface area contributed by atoms with Gasteiger partial charge in [0, 0.05) is 6.54 Å². The number of aliphatic hydroxyl groups is 1. The van der Waals surface area contributed by atoms with Crippen molar-refractivity contribution in [3.05, 3.63) is 35.9 Å². The van der Waals surface area contributed by atoms with Crippen LogP contribution < -0.4 is 0 Å². The first kappa shape index (κ1) is 11.1. The number of rotatable bonds is 3. The summed E-state index contributed by atoms with van der Waals surface area (Å²) in [4.78, 5) is 13.8. The Kier molecular flexibility index (Phi) is 3.57. The predicted octanol–water partition coefficient (Wildman–Crippen LogP) is 1.21. The molecule has 1 heterocycles. The summed E-state index contributed by atoms with van der Waals surface area (Å²) in [5.41, 5.74) is 1.04. The maximum absolute atomic E-state index is 12.0. The number of carbonyl (C=O) groups is 1. The zero-order valence-electron chi connectivity index (χ0n) is 9.30. The molecule has 0 bridgehead atoms. The molecule has 1 aromatic carbocycles. The van der Waals surface area contributed by atoms with Gasteiger partial charge in [-0.1, -0.05) is 30.3 Å². The lowest BCUT2D eigenvalue weighted by atomic mass is 10.1. The largest absolute Gasteiger partial charge is 0.394 e. The van der Waals surface area contributed by atoms with E-state index in [4.69, 9.17) is 5.11 Å². The molecule has 1 atom stereocenters. The Bertz CT molecular complexity index is 350. The Morgan fingerprint density at radius 2 is 2.12 bits per heavy atom. The van der Waals surface area contributed by atoms with Crippen LogP contribution in [-0.4, -0.2) is 35.1 Å². The summed E-state index contributed by atoms with van der Waals surface area (Å²) in [6, 6.07) is 9.78. The molecule has 1 aliphatic rings. The summed E-state index contributed by atoms with van der Waals surface area (Å²) in [6.45, 7) is 0.872. The van der Waals surface area contributed by atoms with Gasteiger partial charge in [-0.3, -0.25) is 4.79 Å². The number of benzene rings is 1. The summed E-state index contributed by atoms with van der Waals surface area (Å²) in [5, 5.41) is 9.16. The van der Waals surface area contributed by atoms with Gasteiger partial charge in [0.05, 0.1) is 19.1 Å². The molecule has 1 unspecified atom stereocenters. The average molecular weight is 219 g/mol. The van der Waals surface area contributed by atoms with Crippen LogP contribution in [0, 0.1) is 0 Å². The molecular formula is C13H17NO2. The Morgan fingerprint density at radius 3 is 2.81 bits per heavy atom. The van der Waals surface area contributed by atoms with Crippen LogP contribution in [0.3, 0.4) is 0 Å². The van der Waals surface area contributed by atoms with E-state index in [0.717, 1.165) is 24.9 Å². The van der Waals surface area contributed by atoms with Crippen LogP contribution >= 0.6 is 0 Å². The highest BCUT2D eigenvalue weighted by Crippen LogP contribution is 2.18. The van der Waals surface area contributed by atoms with Crippen LogP contribution in [0.4, 0.5) is 0 Å². The standard InChI is InChI=1S/C13H17NO2/c15-10-12-7-4-8-14(12)13(16)9-11-5-2-1-3-6-11/h1-3,5-6,12,15H,4,7-10H2. The Balaban J connectivity index is 1.98. The molecule has 3 nitrogen and oxygen atoms in total. The number of amides is 1. The van der Waals surface area contributed by atoms with Gasteiger partial charge in [0.25, 0.3) is 0 Å². The van der Waals surface area contributed by atoms with E-state index in [0.29, 0.717) is 6.42 Å². The Labute approximate surface area is 95.7 Å². The zero-order valence-corrected chi connectivity index (χ0v) is 9.30. The molecule has 1 aliphatic heterocycles. The lowest BCUT2D eigenvalue weighted by Gasteiger charge is -2.23. The fourth-order valence-electron chi connectivity index (χ4n) is 2.23. The number of carbonyl (C=O) groups excluding carboxylic acids is 1. The van der Waals surface area contributed by atoms with Crippen molar-refractivity contribution < 1.29 is 9.90 Å². The van der Waals surface area contributed by atoms with E-state index in [1.807, 2.05) is 35.2 Å². The third kappa shape index (κ3) is 2.42. The van der Waals surface area contributed by atoms with Crippen molar-refractivity contribution in [2.24, 2.45) is 0 Å². The highest BCUT2D eigenvalue weighted by atomic mass is 16.3. The summed E-state index contributed by atoms with van der Waals surface area (Å²) < 4.78 is 0. The number of nitrogens with zero attached hydrogens (tertiary/aromatic N) is 1. The highest BCUT2D eigenvalue weighted by Gasteiger charge is 2.27. The van der Waals surface area contributed by atoms with Crippen molar-refractivity contribution in [2.45, 2.75) is 25.3 Å². The van der Waals surface area contributed by atoms with Gasteiger partial charge in [0.15, 0.2) is 0 Å². The molecule has 1 aromatic rings. The molecule has 86 valence electrons. The topological polar surface area (TPSA) is 40.5 Å². The molecule has 0 radical (unpaired) electrons. The lowest BCUT2D eigenvalue weighted by Crippen LogP contribution is -2.38. The summed E-state index contributed by atoms with van der Waals surface area (Å²) in [6.07, 6.45) is 2.38. The molecule has 0 aliphatic carbocycles. The van der Waals surface area contributed by atoms with Crippen molar-refractivity contribution >= 4 is 5.91 Å². The second kappa shape index (κ2) is 5.12. The van der Waals surface area contributed by atoms with E-state index in [-0.39, 0.29) is 18.6 Å². The number of likely N-dealkylation sites (tertiary alicyclic amines) is 1. The van der Waals surface area contributed by atoms with Crippen molar-refractivity contribution in [1.29, 1.82) is 0 Å². The molecule has 16 heavy (non-hydrogen) atoms. The van der Waals surface area contributed by atoms with E-state index in [1.165, 1.54) is 0 Å². The first-order valence-electron chi connectivity index (χ1n) is 5.75. The minimum absolute atomic E-state index is 0.0382. The number of hydrogen-bond acceptors (Lipinski definition) is 2. The molecule has 3 heteroatoms. The second-order valence-electron chi connectivity index (χ2n) is 4.23. The monoisotopic (exact) mass is 219 g/mol. The summed E-state index contributed by atoms with van der Waals surface area (Å²) in [7, 11) is 0. The summed E-state index contributed by atoms with van der Waals surface area (Å²) >= 11 is 0. The molecule has 1 fully saturated rings. The van der Waals surface area contributed by atoms with E-state index < -0.39 is 0 Å². The normalized spacial score (nSPS) is 20.1. The molecule has 0 saturated carbocycles. The SMILES string of the molecule is O=C(Cc1ccccc1)N1CCCC1CO. The molecule has 1 N–H and O–H groups in total. The van der Waals surface area contributed by atoms with Gasteiger partial charge < -0.3 is 10.0 Å². The molecular weight excluding hydrogens is 202 g/mol. The van der Waals surface area contributed by atoms with Gasteiger partial charge in [-0.25, -0.2) is 0 Å². The smallest absolute Gasteiger partial charge is 0.227 e. The van der Waals surface area contributed by atoms with Crippen LogP contribution in [0.2, 0.25) is 0 Å². The average Bonchev–Trinajstić information content (AvgIpc) is 2.78. The van der Waals surface area contributed by atoms with E-state index in [1.54, 1.807) is 0 Å². The Morgan fingerprint density at radius 1 is 1.38 bits per heavy atom. The van der Waals surface area contributed by atoms with Gasteiger partial charge in [0.2, 0.25) is 5.91 Å². The fourth-order valence-corrected chi connectivity index (χ4v) is 2.23. The molecule has 0 spiro atoms. The highest BCUT2D eigenvalue weighted by molar-refractivity contribution is 5.79. The molecule has 2 rings (SSSR count). The van der Waals surface area contributed by atoms with Gasteiger partial charge in [-0.2, -0.15) is 0 Å². The molecule has 0 aromatic heterocycles. The van der Waals surface area contributed by atoms with Crippen LogP contribution in [0.5, 0.6) is 0 Å². The van der Waals surface area contributed by atoms with E-state index in [9.17, 15) is 4.79 Å². The first-order valence-corrected chi connectivity index (χ1v) is 5.75. The van der Waals surface area contributed by atoms with E-state index >= 15 is 0 Å². The second-order valence-corrected chi connectivity index (χ2v) is 4.23. The minimum Gasteiger partial charge on any atom is -0.394 e. The summed E-state index contributed by atoms with van der Waals surface area (Å²) in [5.74, 6) is 0.128. The van der Waals surface area contributed by atoms with Crippen molar-refractivity contribution in [3.8, 4) is 0 Å². The van der Waals surface area contributed by atoms with Crippen molar-refractivity contribution in [2.75, 3.05) is 13.2 Å². The van der Waals surface area contributed by atoms with Gasteiger partial charge >= 0.3 is 0 Å². The minimum atomic E-state index is 0.0382. The van der Waals surface area contributed by atoms with Gasteiger partial charge in [0.1, 0.15) is 0 Å². The number of hydrogen-bond donors (Lipinski definition) is 1. The zero-order chi connectivity index (χ0) is 11.4. The predicted molar refractivity (Wildman–Crippen MR) is 62.0 cm³/mol. The van der Waals surface area contributed by atoms with Crippen LogP contribution in [0.15, 0.2) is 30.3 Å². The van der Waals surface area contributed by atoms with Gasteiger partial charge in [-0.15, -0.1) is 0 Å². The van der Waals surface area contributed by atoms with Crippen molar-refractivity contribution in [3.63, 3.8) is 0 Å². The lowest BCUT2D eigenvalue weighted by molar-refractivity contribution is -0.131. The fraction of sp³-hybridized carbons (Fsp3) is 0.462. The quantitative estimate of drug-likeness (QED) is 0.830. The van der Waals surface area contributed by atoms with E-state index in [2.05, 4.69) is 0 Å². The molecule has 1 saturated heterocycles. The van der Waals surface area contributed by atoms with Gasteiger partial charge in [-0.05, 0) is 18.4 Å². The first-order chi connectivity index (χ1) is 7.81. The Hall–Kier alpha value is -1.35. The number of aliphatic hydroxyl groups excluding tert-OH is 1. The van der Waals surface area contributed by atoms with Crippen molar-refractivity contribution in [1.82, 2.24) is 4.90 Å². The molecule has 1 amide bonds. The third-order valence-electron chi connectivity index (χ3n) is 3.11. The maximum atomic E-state index is 12.0. The van der Waals surface area contributed by atoms with Crippen LogP contribution in [0.25, 0.3) is 0 Å². The maximum Gasteiger partial charge on any atom is 0.227 e. The van der Waals surface area contributed by atoms with Crippen LogP contribution in [0.1, 0.15) is 18.4 Å².